The predicted octanol–water partition coefficient (Wildman–Crippen LogP) is 3.63. The maximum absolute atomic E-state index is 13.6. The number of methoxy groups -OCH3 is 1. The van der Waals surface area contributed by atoms with Gasteiger partial charge in [-0.25, -0.2) is 4.39 Å². The number of hydrogen-bond donors (Lipinski definition) is 0. The van der Waals surface area contributed by atoms with Gasteiger partial charge in [-0.15, -0.1) is 0 Å². The van der Waals surface area contributed by atoms with Crippen molar-refractivity contribution in [2.75, 3.05) is 25.1 Å². The molecule has 1 spiro atoms. The molecule has 0 aliphatic carbocycles. The van der Waals surface area contributed by atoms with E-state index < -0.39 is 5.60 Å². The number of carbonyl (C=O) groups excluding carboxylic acids is 3. The number of benzene rings is 2. The molecule has 2 amide bonds. The van der Waals surface area contributed by atoms with Gasteiger partial charge in [0.15, 0.2) is 0 Å². The maximum Gasteiger partial charge on any atom is 0.270 e. The Morgan fingerprint density at radius 2 is 2.06 bits per heavy atom. The third-order valence-electron chi connectivity index (χ3n) is 6.58. The summed E-state index contributed by atoms with van der Waals surface area (Å²) < 4.78 is 18.8. The monoisotopic (exact) mass is 481 g/mol. The van der Waals surface area contributed by atoms with Crippen LogP contribution in [0, 0.1) is 5.82 Å². The lowest BCUT2D eigenvalue weighted by molar-refractivity contribution is -0.164. The number of ketones is 1. The highest BCUT2D eigenvalue weighted by Crippen LogP contribution is 2.40. The number of Topliss-reactive ketones (excluding diaryl/α,β-unsaturated/α-hetero) is 1. The van der Waals surface area contributed by atoms with E-state index in [0.717, 1.165) is 12.0 Å². The Bertz CT molecular complexity index is 1170. The summed E-state index contributed by atoms with van der Waals surface area (Å²) in [6.45, 7) is 3.84. The van der Waals surface area contributed by atoms with Gasteiger partial charge in [-0.2, -0.15) is 0 Å². The van der Waals surface area contributed by atoms with E-state index in [4.69, 9.17) is 9.57 Å². The third kappa shape index (κ3) is 4.76. The van der Waals surface area contributed by atoms with Gasteiger partial charge in [-0.1, -0.05) is 23.4 Å². The molecule has 8 nitrogen and oxygen atoms in total. The van der Waals surface area contributed by atoms with Crippen molar-refractivity contribution in [3.8, 4) is 5.75 Å². The van der Waals surface area contributed by atoms with Gasteiger partial charge in [0.05, 0.1) is 31.1 Å². The average molecular weight is 482 g/mol. The summed E-state index contributed by atoms with van der Waals surface area (Å²) >= 11 is 0. The van der Waals surface area contributed by atoms with Crippen molar-refractivity contribution in [3.05, 3.63) is 59.4 Å². The van der Waals surface area contributed by atoms with Gasteiger partial charge in [-0.05, 0) is 50.1 Å². The van der Waals surface area contributed by atoms with Crippen LogP contribution < -0.4 is 9.64 Å². The topological polar surface area (TPSA) is 88.5 Å². The van der Waals surface area contributed by atoms with Crippen LogP contribution in [0.3, 0.4) is 0 Å². The van der Waals surface area contributed by atoms with Crippen LogP contribution in [0.25, 0.3) is 0 Å². The van der Waals surface area contributed by atoms with E-state index in [2.05, 4.69) is 5.16 Å². The summed E-state index contributed by atoms with van der Waals surface area (Å²) in [5.41, 5.74) is 1.53. The molecule has 0 radical (unpaired) electrons. The molecule has 2 atom stereocenters. The summed E-state index contributed by atoms with van der Waals surface area (Å²) in [5, 5.41) is 4.26. The molecule has 2 aliphatic rings. The molecular formula is C26H28FN3O5. The standard InChI is InChI=1S/C26H28FN3O5/c1-17(32)15-29(16-31)23-10-7-20(13-24(23)34-3)22-14-26(35-28-22)11-4-12-30(25(26)33)18(2)19-5-8-21(27)9-6-19/h5-10,13,16,18H,4,11-12,14-15H2,1-3H3. The van der Waals surface area contributed by atoms with Crippen LogP contribution in [0.2, 0.25) is 0 Å². The molecule has 0 bridgehead atoms. The number of carbonyl (C=O) groups is 3. The van der Waals surface area contributed by atoms with Crippen LogP contribution in [0.5, 0.6) is 5.75 Å². The molecule has 2 aromatic rings. The highest BCUT2D eigenvalue weighted by atomic mass is 19.1. The van der Waals surface area contributed by atoms with Gasteiger partial charge in [-0.3, -0.25) is 14.4 Å². The Balaban J connectivity index is 1.54. The van der Waals surface area contributed by atoms with Crippen molar-refractivity contribution in [2.45, 2.75) is 44.8 Å². The van der Waals surface area contributed by atoms with E-state index in [9.17, 15) is 18.8 Å². The fraction of sp³-hybridized carbons (Fsp3) is 0.385. The molecule has 2 aliphatic heterocycles. The second kappa shape index (κ2) is 9.85. The van der Waals surface area contributed by atoms with Gasteiger partial charge >= 0.3 is 0 Å². The van der Waals surface area contributed by atoms with Gasteiger partial charge in [0.2, 0.25) is 12.0 Å². The molecule has 2 heterocycles. The van der Waals surface area contributed by atoms with Crippen LogP contribution >= 0.6 is 0 Å². The second-order valence-electron chi connectivity index (χ2n) is 8.95. The van der Waals surface area contributed by atoms with Crippen molar-refractivity contribution < 1.29 is 28.3 Å². The fourth-order valence-corrected chi connectivity index (χ4v) is 4.69. The molecule has 2 unspecified atom stereocenters. The molecule has 1 fully saturated rings. The second-order valence-corrected chi connectivity index (χ2v) is 8.95. The zero-order chi connectivity index (χ0) is 25.2. The van der Waals surface area contributed by atoms with E-state index in [-0.39, 0.29) is 30.1 Å². The summed E-state index contributed by atoms with van der Waals surface area (Å²) in [6.07, 6.45) is 2.17. The predicted molar refractivity (Wildman–Crippen MR) is 128 cm³/mol. The van der Waals surface area contributed by atoms with E-state index >= 15 is 0 Å². The van der Waals surface area contributed by atoms with Crippen molar-refractivity contribution in [2.24, 2.45) is 5.16 Å². The number of nitrogens with zero attached hydrogens (tertiary/aromatic N) is 3. The van der Waals surface area contributed by atoms with Gasteiger partial charge in [0, 0.05) is 24.9 Å². The molecular weight excluding hydrogens is 453 g/mol. The zero-order valence-corrected chi connectivity index (χ0v) is 20.0. The van der Waals surface area contributed by atoms with Crippen LogP contribution in [-0.2, 0) is 19.2 Å². The highest BCUT2D eigenvalue weighted by molar-refractivity contribution is 6.06. The highest BCUT2D eigenvalue weighted by Gasteiger charge is 2.51. The number of hydrogen-bond acceptors (Lipinski definition) is 6. The zero-order valence-electron chi connectivity index (χ0n) is 20.0. The molecule has 35 heavy (non-hydrogen) atoms. The smallest absolute Gasteiger partial charge is 0.270 e. The number of likely N-dealkylation sites (tertiary alicyclic amines) is 1. The van der Waals surface area contributed by atoms with Crippen molar-refractivity contribution in [1.82, 2.24) is 4.90 Å². The van der Waals surface area contributed by atoms with Crippen LogP contribution in [0.4, 0.5) is 10.1 Å². The quantitative estimate of drug-likeness (QED) is 0.538. The lowest BCUT2D eigenvalue weighted by atomic mass is 9.84. The molecule has 0 aromatic heterocycles. The molecule has 0 N–H and O–H groups in total. The third-order valence-corrected chi connectivity index (χ3v) is 6.58. The number of rotatable bonds is 8. The average Bonchev–Trinajstić information content (AvgIpc) is 3.29. The summed E-state index contributed by atoms with van der Waals surface area (Å²) in [5.74, 6) is -0.218. The van der Waals surface area contributed by atoms with E-state index in [1.165, 1.54) is 31.1 Å². The Morgan fingerprint density at radius 1 is 1.31 bits per heavy atom. The SMILES string of the molecule is COc1cc(C2=NOC3(CCCN(C(C)c4ccc(F)cc4)C3=O)C2)ccc1N(C=O)CC(C)=O. The minimum absolute atomic E-state index is 0.0665. The minimum Gasteiger partial charge on any atom is -0.495 e. The minimum atomic E-state index is -1.09. The summed E-state index contributed by atoms with van der Waals surface area (Å²) in [4.78, 5) is 45.4. The van der Waals surface area contributed by atoms with Gasteiger partial charge < -0.3 is 19.4 Å². The Kier molecular flexibility index (Phi) is 6.86. The first kappa shape index (κ1) is 24.4. The molecule has 4 rings (SSSR count). The Morgan fingerprint density at radius 3 is 2.71 bits per heavy atom. The number of halogens is 1. The van der Waals surface area contributed by atoms with Crippen molar-refractivity contribution >= 4 is 29.5 Å². The number of anilines is 1. The normalized spacial score (nSPS) is 20.3. The number of oxime groups is 1. The lowest BCUT2D eigenvalue weighted by Gasteiger charge is -2.40. The Labute approximate surface area is 203 Å². The molecule has 0 saturated carbocycles. The van der Waals surface area contributed by atoms with Crippen LogP contribution in [0.15, 0.2) is 47.6 Å². The van der Waals surface area contributed by atoms with Gasteiger partial charge in [0.1, 0.15) is 17.3 Å². The van der Waals surface area contributed by atoms with E-state index in [0.29, 0.717) is 48.5 Å². The Hall–Kier alpha value is -3.75. The largest absolute Gasteiger partial charge is 0.495 e. The molecule has 1 saturated heterocycles. The molecule has 184 valence electrons. The first-order valence-electron chi connectivity index (χ1n) is 11.5. The number of ether oxygens (including phenoxy) is 1. The number of amides is 2. The van der Waals surface area contributed by atoms with E-state index in [1.54, 1.807) is 35.2 Å². The lowest BCUT2D eigenvalue weighted by Crippen LogP contribution is -2.54. The fourth-order valence-electron chi connectivity index (χ4n) is 4.69. The van der Waals surface area contributed by atoms with Crippen molar-refractivity contribution in [1.29, 1.82) is 0 Å². The first-order valence-corrected chi connectivity index (χ1v) is 11.5. The summed E-state index contributed by atoms with van der Waals surface area (Å²) in [6, 6.07) is 11.1. The van der Waals surface area contributed by atoms with E-state index in [1.807, 2.05) is 6.92 Å². The van der Waals surface area contributed by atoms with Crippen LogP contribution in [-0.4, -0.2) is 54.5 Å². The molecule has 2 aromatic carbocycles. The summed E-state index contributed by atoms with van der Waals surface area (Å²) in [7, 11) is 1.48. The maximum atomic E-state index is 13.6. The molecule has 9 heteroatoms. The van der Waals surface area contributed by atoms with Crippen LogP contribution in [0.1, 0.15) is 50.3 Å². The first-order chi connectivity index (χ1) is 16.8. The number of piperidine rings is 1. The van der Waals surface area contributed by atoms with Gasteiger partial charge in [0.25, 0.3) is 5.91 Å². The van der Waals surface area contributed by atoms with Crippen molar-refractivity contribution in [3.63, 3.8) is 0 Å².